The first-order valence-electron chi connectivity index (χ1n) is 6.72. The van der Waals surface area contributed by atoms with E-state index in [0.717, 1.165) is 30.7 Å². The summed E-state index contributed by atoms with van der Waals surface area (Å²) in [5.74, 6) is 0.482. The van der Waals surface area contributed by atoms with Gasteiger partial charge in [-0.05, 0) is 44.5 Å². The molecule has 0 radical (unpaired) electrons. The molecular weight excluding hydrogens is 245 g/mol. The van der Waals surface area contributed by atoms with E-state index in [1.54, 1.807) is 26.4 Å². The van der Waals surface area contributed by atoms with Crippen LogP contribution in [0.4, 0.5) is 4.39 Å². The monoisotopic (exact) mass is 269 g/mol. The standard InChI is InChI=1S/C15H24FNO2/c1-5-17-14(8-6-11(2)18-3)13-10-12(16)7-9-15(13)19-4/h7,9-11,14,17H,5-6,8H2,1-4H3. The molecule has 0 aliphatic carbocycles. The minimum atomic E-state index is -0.238. The lowest BCUT2D eigenvalue weighted by molar-refractivity contribution is 0.106. The largest absolute Gasteiger partial charge is 0.496 e. The number of methoxy groups -OCH3 is 2. The van der Waals surface area contributed by atoms with Gasteiger partial charge in [-0.15, -0.1) is 0 Å². The van der Waals surface area contributed by atoms with E-state index < -0.39 is 0 Å². The second-order valence-electron chi connectivity index (χ2n) is 4.62. The Kier molecular flexibility index (Phi) is 6.81. The molecule has 2 atom stereocenters. The molecule has 0 saturated heterocycles. The first kappa shape index (κ1) is 15.9. The van der Waals surface area contributed by atoms with Crippen molar-refractivity contribution in [2.45, 2.75) is 38.8 Å². The van der Waals surface area contributed by atoms with Gasteiger partial charge in [0.15, 0.2) is 0 Å². The highest BCUT2D eigenvalue weighted by Gasteiger charge is 2.17. The highest BCUT2D eigenvalue weighted by Crippen LogP contribution is 2.29. The SMILES string of the molecule is CCNC(CCC(C)OC)c1cc(F)ccc1OC. The molecule has 0 amide bonds. The lowest BCUT2D eigenvalue weighted by Crippen LogP contribution is -2.23. The van der Waals surface area contributed by atoms with Crippen molar-refractivity contribution < 1.29 is 13.9 Å². The molecule has 19 heavy (non-hydrogen) atoms. The van der Waals surface area contributed by atoms with Gasteiger partial charge in [-0.25, -0.2) is 4.39 Å². The van der Waals surface area contributed by atoms with Crippen molar-refractivity contribution in [1.29, 1.82) is 0 Å². The molecule has 0 spiro atoms. The highest BCUT2D eigenvalue weighted by molar-refractivity contribution is 5.36. The molecular formula is C15H24FNO2. The lowest BCUT2D eigenvalue weighted by atomic mass is 9.99. The smallest absolute Gasteiger partial charge is 0.123 e. The summed E-state index contributed by atoms with van der Waals surface area (Å²) in [4.78, 5) is 0. The number of benzene rings is 1. The average molecular weight is 269 g/mol. The Hall–Kier alpha value is -1.13. The van der Waals surface area contributed by atoms with Crippen LogP contribution >= 0.6 is 0 Å². The summed E-state index contributed by atoms with van der Waals surface area (Å²) in [5, 5.41) is 3.38. The quantitative estimate of drug-likeness (QED) is 0.785. The highest BCUT2D eigenvalue weighted by atomic mass is 19.1. The van der Waals surface area contributed by atoms with E-state index in [-0.39, 0.29) is 18.0 Å². The topological polar surface area (TPSA) is 30.5 Å². The zero-order valence-electron chi connectivity index (χ0n) is 12.2. The third-order valence-corrected chi connectivity index (χ3v) is 3.28. The lowest BCUT2D eigenvalue weighted by Gasteiger charge is -2.22. The summed E-state index contributed by atoms with van der Waals surface area (Å²) in [5.41, 5.74) is 0.868. The molecule has 0 heterocycles. The van der Waals surface area contributed by atoms with Gasteiger partial charge in [0.2, 0.25) is 0 Å². The van der Waals surface area contributed by atoms with Crippen LogP contribution in [-0.2, 0) is 4.74 Å². The van der Waals surface area contributed by atoms with E-state index in [0.29, 0.717) is 0 Å². The number of hydrogen-bond acceptors (Lipinski definition) is 3. The third kappa shape index (κ3) is 4.80. The number of ether oxygens (including phenoxy) is 2. The van der Waals surface area contributed by atoms with Gasteiger partial charge < -0.3 is 14.8 Å². The van der Waals surface area contributed by atoms with Gasteiger partial charge in [-0.1, -0.05) is 6.92 Å². The maximum absolute atomic E-state index is 13.4. The van der Waals surface area contributed by atoms with Gasteiger partial charge in [-0.3, -0.25) is 0 Å². The van der Waals surface area contributed by atoms with Crippen LogP contribution in [0.25, 0.3) is 0 Å². The van der Waals surface area contributed by atoms with Crippen LogP contribution in [-0.4, -0.2) is 26.9 Å². The molecule has 0 bridgehead atoms. The maximum Gasteiger partial charge on any atom is 0.123 e. The third-order valence-electron chi connectivity index (χ3n) is 3.28. The van der Waals surface area contributed by atoms with Gasteiger partial charge in [-0.2, -0.15) is 0 Å². The summed E-state index contributed by atoms with van der Waals surface area (Å²) in [6, 6.07) is 4.72. The van der Waals surface area contributed by atoms with Crippen molar-refractivity contribution in [3.63, 3.8) is 0 Å². The van der Waals surface area contributed by atoms with Gasteiger partial charge in [0.1, 0.15) is 11.6 Å². The van der Waals surface area contributed by atoms with E-state index in [1.807, 2.05) is 13.8 Å². The minimum Gasteiger partial charge on any atom is -0.496 e. The van der Waals surface area contributed by atoms with Crippen molar-refractivity contribution in [2.24, 2.45) is 0 Å². The van der Waals surface area contributed by atoms with E-state index >= 15 is 0 Å². The van der Waals surface area contributed by atoms with Crippen molar-refractivity contribution in [3.8, 4) is 5.75 Å². The molecule has 0 fully saturated rings. The van der Waals surface area contributed by atoms with Crippen molar-refractivity contribution in [1.82, 2.24) is 5.32 Å². The minimum absolute atomic E-state index is 0.0771. The molecule has 1 rings (SSSR count). The zero-order valence-corrected chi connectivity index (χ0v) is 12.2. The Morgan fingerprint density at radius 3 is 2.58 bits per heavy atom. The predicted octanol–water partition coefficient (Wildman–Crippen LogP) is 3.30. The van der Waals surface area contributed by atoms with Crippen molar-refractivity contribution in [2.75, 3.05) is 20.8 Å². The van der Waals surface area contributed by atoms with Crippen LogP contribution in [0.1, 0.15) is 38.3 Å². The fourth-order valence-corrected chi connectivity index (χ4v) is 2.11. The molecule has 0 aliphatic rings. The van der Waals surface area contributed by atoms with Crippen LogP contribution in [0.3, 0.4) is 0 Å². The number of halogens is 1. The molecule has 1 N–H and O–H groups in total. The maximum atomic E-state index is 13.4. The molecule has 108 valence electrons. The van der Waals surface area contributed by atoms with Gasteiger partial charge in [0, 0.05) is 18.7 Å². The Morgan fingerprint density at radius 1 is 1.26 bits per heavy atom. The van der Waals surface area contributed by atoms with Gasteiger partial charge in [0.25, 0.3) is 0 Å². The summed E-state index contributed by atoms with van der Waals surface area (Å²) >= 11 is 0. The predicted molar refractivity (Wildman–Crippen MR) is 75.1 cm³/mol. The summed E-state index contributed by atoms with van der Waals surface area (Å²) in [7, 11) is 3.31. The molecule has 0 aliphatic heterocycles. The van der Waals surface area contributed by atoms with E-state index in [1.165, 1.54) is 6.07 Å². The Morgan fingerprint density at radius 2 is 2.00 bits per heavy atom. The van der Waals surface area contributed by atoms with Crippen LogP contribution in [0, 0.1) is 5.82 Å². The molecule has 2 unspecified atom stereocenters. The van der Waals surface area contributed by atoms with Crippen molar-refractivity contribution in [3.05, 3.63) is 29.6 Å². The number of rotatable bonds is 8. The molecule has 0 saturated carbocycles. The van der Waals surface area contributed by atoms with E-state index in [4.69, 9.17) is 9.47 Å². The van der Waals surface area contributed by atoms with E-state index in [2.05, 4.69) is 5.32 Å². The average Bonchev–Trinajstić information content (AvgIpc) is 2.43. The Balaban J connectivity index is 2.87. The molecule has 0 aromatic heterocycles. The summed E-state index contributed by atoms with van der Waals surface area (Å²) < 4.78 is 24.0. The fourth-order valence-electron chi connectivity index (χ4n) is 2.11. The first-order chi connectivity index (χ1) is 9.12. The van der Waals surface area contributed by atoms with Gasteiger partial charge in [0.05, 0.1) is 13.2 Å². The Labute approximate surface area is 115 Å². The molecule has 4 heteroatoms. The first-order valence-corrected chi connectivity index (χ1v) is 6.72. The van der Waals surface area contributed by atoms with Crippen LogP contribution < -0.4 is 10.1 Å². The molecule has 1 aromatic rings. The van der Waals surface area contributed by atoms with E-state index in [9.17, 15) is 4.39 Å². The normalized spacial score (nSPS) is 14.2. The van der Waals surface area contributed by atoms with Crippen LogP contribution in [0.5, 0.6) is 5.75 Å². The second-order valence-corrected chi connectivity index (χ2v) is 4.62. The summed E-state index contributed by atoms with van der Waals surface area (Å²) in [6.45, 7) is 4.90. The van der Waals surface area contributed by atoms with Crippen LogP contribution in [0.2, 0.25) is 0 Å². The van der Waals surface area contributed by atoms with Gasteiger partial charge >= 0.3 is 0 Å². The number of nitrogens with one attached hydrogen (secondary N) is 1. The van der Waals surface area contributed by atoms with Crippen LogP contribution in [0.15, 0.2) is 18.2 Å². The summed E-state index contributed by atoms with van der Waals surface area (Å²) in [6.07, 6.45) is 1.98. The Bertz CT molecular complexity index is 384. The zero-order chi connectivity index (χ0) is 14.3. The number of hydrogen-bond donors (Lipinski definition) is 1. The fraction of sp³-hybridized carbons (Fsp3) is 0.600. The molecule has 3 nitrogen and oxygen atoms in total. The molecule has 1 aromatic carbocycles. The van der Waals surface area contributed by atoms with Crippen molar-refractivity contribution >= 4 is 0 Å². The second kappa shape index (κ2) is 8.12.